The highest BCUT2D eigenvalue weighted by Gasteiger charge is 2.18. The van der Waals surface area contributed by atoms with Gasteiger partial charge in [-0.2, -0.15) is 4.68 Å². The topological polar surface area (TPSA) is 143 Å². The molecule has 1 aliphatic heterocycles. The van der Waals surface area contributed by atoms with Crippen LogP contribution in [-0.4, -0.2) is 48.7 Å². The van der Waals surface area contributed by atoms with Crippen LogP contribution >= 0.6 is 11.6 Å². The number of amides is 3. The van der Waals surface area contributed by atoms with Crippen molar-refractivity contribution in [3.63, 3.8) is 0 Å². The maximum absolute atomic E-state index is 12.9. The van der Waals surface area contributed by atoms with Crippen LogP contribution in [0.2, 0.25) is 5.02 Å². The number of anilines is 1. The zero-order valence-electron chi connectivity index (χ0n) is 19.4. The monoisotopic (exact) mass is 515 g/mol. The third-order valence-corrected chi connectivity index (χ3v) is 5.86. The lowest BCUT2D eigenvalue weighted by Crippen LogP contribution is -2.29. The molecule has 0 spiro atoms. The van der Waals surface area contributed by atoms with Crippen molar-refractivity contribution in [1.29, 1.82) is 0 Å². The summed E-state index contributed by atoms with van der Waals surface area (Å²) in [5, 5.41) is 20.4. The number of nitrogens with zero attached hydrogens (tertiary/aromatic N) is 5. The average molecular weight is 516 g/mol. The molecule has 5 rings (SSSR count). The molecule has 3 heterocycles. The number of urea groups is 1. The first-order valence-corrected chi connectivity index (χ1v) is 11.8. The molecule has 0 saturated heterocycles. The molecule has 186 valence electrons. The summed E-state index contributed by atoms with van der Waals surface area (Å²) in [6.07, 6.45) is 10.4. The number of halogens is 1. The summed E-state index contributed by atoms with van der Waals surface area (Å²) >= 11 is 6.17. The van der Waals surface area contributed by atoms with E-state index in [1.54, 1.807) is 30.5 Å². The van der Waals surface area contributed by atoms with Gasteiger partial charge in [0.2, 0.25) is 5.91 Å². The van der Waals surface area contributed by atoms with E-state index in [1.807, 2.05) is 36.4 Å². The second-order valence-electron chi connectivity index (χ2n) is 8.12. The number of imidazole rings is 1. The van der Waals surface area contributed by atoms with Crippen molar-refractivity contribution in [1.82, 2.24) is 40.8 Å². The van der Waals surface area contributed by atoms with Crippen LogP contribution in [0.25, 0.3) is 23.0 Å². The minimum Gasteiger partial charge on any atom is -0.342 e. The molecular formula is C25H22ClN9O2. The van der Waals surface area contributed by atoms with E-state index in [-0.39, 0.29) is 11.9 Å². The minimum atomic E-state index is -0.433. The van der Waals surface area contributed by atoms with Gasteiger partial charge in [0.1, 0.15) is 12.2 Å². The van der Waals surface area contributed by atoms with Crippen molar-refractivity contribution in [3.8, 4) is 16.9 Å². The Kier molecular flexibility index (Phi) is 7.04. The zero-order chi connectivity index (χ0) is 25.6. The van der Waals surface area contributed by atoms with Crippen LogP contribution in [0, 0.1) is 0 Å². The van der Waals surface area contributed by atoms with E-state index in [1.165, 1.54) is 17.1 Å². The number of aromatic amines is 1. The summed E-state index contributed by atoms with van der Waals surface area (Å²) in [6, 6.07) is 11.9. The molecular weight excluding hydrogens is 494 g/mol. The first-order chi connectivity index (χ1) is 18.1. The van der Waals surface area contributed by atoms with Gasteiger partial charge in [-0.25, -0.2) is 9.78 Å². The molecule has 0 radical (unpaired) electrons. The van der Waals surface area contributed by atoms with E-state index in [9.17, 15) is 9.59 Å². The smallest absolute Gasteiger partial charge is 0.319 e. The fourth-order valence-corrected chi connectivity index (χ4v) is 4.06. The Bertz CT molecular complexity index is 1480. The Morgan fingerprint density at radius 2 is 2.08 bits per heavy atom. The normalized spacial score (nSPS) is 15.6. The molecule has 4 N–H and O–H groups in total. The van der Waals surface area contributed by atoms with Gasteiger partial charge in [0.05, 0.1) is 29.3 Å². The highest BCUT2D eigenvalue weighted by atomic mass is 35.5. The number of H-pyrrole nitrogens is 1. The molecule has 37 heavy (non-hydrogen) atoms. The molecule has 0 saturated carbocycles. The quantitative estimate of drug-likeness (QED) is 0.241. The van der Waals surface area contributed by atoms with Crippen LogP contribution in [0.3, 0.4) is 0 Å². The fourth-order valence-electron chi connectivity index (χ4n) is 3.87. The number of carbonyl (C=O) groups excluding carboxylic acids is 2. The van der Waals surface area contributed by atoms with Crippen LogP contribution in [-0.2, 0) is 4.79 Å². The zero-order valence-corrected chi connectivity index (χ0v) is 20.2. The highest BCUT2D eigenvalue weighted by molar-refractivity contribution is 6.30. The Labute approximate surface area is 216 Å². The predicted molar refractivity (Wildman–Crippen MR) is 139 cm³/mol. The summed E-state index contributed by atoms with van der Waals surface area (Å²) in [7, 11) is 0. The Morgan fingerprint density at radius 1 is 1.19 bits per heavy atom. The highest BCUT2D eigenvalue weighted by Crippen LogP contribution is 2.28. The molecule has 4 aromatic rings. The lowest BCUT2D eigenvalue weighted by Gasteiger charge is -2.14. The van der Waals surface area contributed by atoms with Gasteiger partial charge in [0.25, 0.3) is 0 Å². The number of carbonyl (C=O) groups is 2. The fraction of sp³-hybridized carbons (Fsp3) is 0.120. The number of benzene rings is 2. The number of para-hydroxylation sites is 1. The average Bonchev–Trinajstić information content (AvgIpc) is 3.60. The predicted octanol–water partition coefficient (Wildman–Crippen LogP) is 3.66. The van der Waals surface area contributed by atoms with Crippen molar-refractivity contribution in [2.24, 2.45) is 0 Å². The van der Waals surface area contributed by atoms with Crippen molar-refractivity contribution in [3.05, 3.63) is 89.6 Å². The maximum atomic E-state index is 12.9. The summed E-state index contributed by atoms with van der Waals surface area (Å²) < 4.78 is 1.49. The first-order valence-electron chi connectivity index (χ1n) is 11.4. The number of rotatable bonds is 4. The van der Waals surface area contributed by atoms with Crippen molar-refractivity contribution in [2.75, 3.05) is 11.9 Å². The summed E-state index contributed by atoms with van der Waals surface area (Å²) in [5.74, 6) is 0.269. The van der Waals surface area contributed by atoms with Crippen molar-refractivity contribution >= 4 is 35.3 Å². The van der Waals surface area contributed by atoms with Crippen LogP contribution in [0.15, 0.2) is 73.2 Å². The van der Waals surface area contributed by atoms with Crippen LogP contribution in [0.5, 0.6) is 0 Å². The molecule has 1 unspecified atom stereocenters. The molecule has 1 atom stereocenters. The summed E-state index contributed by atoms with van der Waals surface area (Å²) in [5.41, 5.74) is 3.49. The molecule has 11 nitrogen and oxygen atoms in total. The number of hydrogen-bond donors (Lipinski definition) is 4. The van der Waals surface area contributed by atoms with Crippen LogP contribution < -0.4 is 16.0 Å². The van der Waals surface area contributed by atoms with Crippen molar-refractivity contribution in [2.45, 2.75) is 12.5 Å². The molecule has 2 aromatic heterocycles. The standard InChI is InChI=1S/C25H22ClN9O2/c26-17-9-10-22(35-15-29-33-34-35)16(13-17)8-11-23(36)30-20-7-3-4-12-27-25(37)32-19-6-2-1-5-18(19)21-14-28-24(20)31-21/h1-6,8-11,13-15,20H,7,12H2,(H,28,31)(H,30,36)(H2,27,32,37). The van der Waals surface area contributed by atoms with Crippen LogP contribution in [0.1, 0.15) is 23.9 Å². The van der Waals surface area contributed by atoms with E-state index >= 15 is 0 Å². The van der Waals surface area contributed by atoms with Gasteiger partial charge in [-0.1, -0.05) is 42.0 Å². The Hall–Kier alpha value is -4.77. The van der Waals surface area contributed by atoms with Gasteiger partial charge in [0, 0.05) is 28.8 Å². The SMILES string of the molecule is O=C(C=Cc1cc(Cl)ccc1-n1cnnn1)NC1CC=CCNC(=O)Nc2ccccc2-c2cnc1[nH]2. The van der Waals surface area contributed by atoms with Gasteiger partial charge in [0.15, 0.2) is 0 Å². The van der Waals surface area contributed by atoms with Gasteiger partial charge in [-0.3, -0.25) is 4.79 Å². The number of nitrogens with one attached hydrogen (secondary N) is 4. The molecule has 1 aliphatic rings. The maximum Gasteiger partial charge on any atom is 0.319 e. The molecule has 2 bridgehead atoms. The largest absolute Gasteiger partial charge is 0.342 e. The Balaban J connectivity index is 1.39. The second-order valence-corrected chi connectivity index (χ2v) is 8.56. The third-order valence-electron chi connectivity index (χ3n) is 5.63. The lowest BCUT2D eigenvalue weighted by molar-refractivity contribution is -0.117. The van der Waals surface area contributed by atoms with E-state index in [2.05, 4.69) is 41.4 Å². The number of tetrazole rings is 1. The minimum absolute atomic E-state index is 0.312. The number of fused-ring (bicyclic) bond motifs is 4. The van der Waals surface area contributed by atoms with Gasteiger partial charge >= 0.3 is 6.03 Å². The Morgan fingerprint density at radius 3 is 2.95 bits per heavy atom. The van der Waals surface area contributed by atoms with E-state index in [4.69, 9.17) is 11.6 Å². The van der Waals surface area contributed by atoms with Gasteiger partial charge in [-0.15, -0.1) is 5.10 Å². The molecule has 0 aliphatic carbocycles. The van der Waals surface area contributed by atoms with E-state index in [0.717, 1.165) is 5.56 Å². The van der Waals surface area contributed by atoms with Crippen LogP contribution in [0.4, 0.5) is 10.5 Å². The van der Waals surface area contributed by atoms with Gasteiger partial charge < -0.3 is 20.9 Å². The van der Waals surface area contributed by atoms with Crippen molar-refractivity contribution < 1.29 is 9.59 Å². The third kappa shape index (κ3) is 5.73. The summed E-state index contributed by atoms with van der Waals surface area (Å²) in [6.45, 7) is 0.339. The van der Waals surface area contributed by atoms with E-state index < -0.39 is 6.04 Å². The number of aromatic nitrogens is 6. The molecule has 0 fully saturated rings. The molecule has 12 heteroatoms. The molecule has 2 aromatic carbocycles. The lowest BCUT2D eigenvalue weighted by atomic mass is 10.1. The number of hydrogen-bond acceptors (Lipinski definition) is 6. The van der Waals surface area contributed by atoms with E-state index in [0.29, 0.717) is 46.4 Å². The van der Waals surface area contributed by atoms with Gasteiger partial charge in [-0.05, 0) is 47.2 Å². The first kappa shape index (κ1) is 23.9. The second kappa shape index (κ2) is 10.9. The summed E-state index contributed by atoms with van der Waals surface area (Å²) in [4.78, 5) is 33.0. The molecule has 3 amide bonds.